The highest BCUT2D eigenvalue weighted by atomic mass is 35.5. The molecule has 1 N–H and O–H groups in total. The summed E-state index contributed by atoms with van der Waals surface area (Å²) >= 11 is 12.5. The summed E-state index contributed by atoms with van der Waals surface area (Å²) in [7, 11) is -3.99. The second-order valence-corrected chi connectivity index (χ2v) is 13.0. The first kappa shape index (κ1) is 35.2. The third kappa shape index (κ3) is 10.1. The van der Waals surface area contributed by atoms with Gasteiger partial charge in [0.25, 0.3) is 0 Å². The lowest BCUT2D eigenvalue weighted by Gasteiger charge is -2.32. The van der Waals surface area contributed by atoms with Crippen LogP contribution in [0.15, 0.2) is 72.8 Å². The molecule has 238 valence electrons. The van der Waals surface area contributed by atoms with Crippen LogP contribution in [0.3, 0.4) is 0 Å². The van der Waals surface area contributed by atoms with Crippen LogP contribution in [0.25, 0.3) is 0 Å². The van der Waals surface area contributed by atoms with Gasteiger partial charge in [-0.15, -0.1) is 0 Å². The number of rotatable bonds is 14. The number of nitrogens with zero attached hydrogens (tertiary/aromatic N) is 2. The Morgan fingerprint density at radius 1 is 0.977 bits per heavy atom. The molecule has 0 radical (unpaired) electrons. The Labute approximate surface area is 266 Å². The zero-order valence-electron chi connectivity index (χ0n) is 24.3. The fourth-order valence-corrected chi connectivity index (χ4v) is 6.02. The summed E-state index contributed by atoms with van der Waals surface area (Å²) in [5.41, 5.74) is 0.206. The van der Waals surface area contributed by atoms with Crippen molar-refractivity contribution in [3.05, 3.63) is 99.5 Å². The molecule has 44 heavy (non-hydrogen) atoms. The molecular formula is C31H34Cl2F3N3O4S. The molecule has 0 aliphatic rings. The van der Waals surface area contributed by atoms with E-state index in [4.69, 9.17) is 23.2 Å². The van der Waals surface area contributed by atoms with Crippen molar-refractivity contribution in [2.75, 3.05) is 23.7 Å². The number of carbonyl (C=O) groups excluding carboxylic acids is 2. The number of hydrogen-bond acceptors (Lipinski definition) is 4. The number of benzene rings is 3. The Morgan fingerprint density at radius 3 is 2.30 bits per heavy atom. The van der Waals surface area contributed by atoms with Gasteiger partial charge in [0.1, 0.15) is 6.04 Å². The smallest absolute Gasteiger partial charge is 0.354 e. The zero-order valence-corrected chi connectivity index (χ0v) is 26.6. The van der Waals surface area contributed by atoms with E-state index in [1.807, 2.05) is 37.3 Å². The molecule has 0 bridgehead atoms. The van der Waals surface area contributed by atoms with E-state index < -0.39 is 33.7 Å². The number of amides is 2. The summed E-state index contributed by atoms with van der Waals surface area (Å²) in [6, 6.07) is 17.1. The summed E-state index contributed by atoms with van der Waals surface area (Å²) in [5.74, 6) is -0.822. The lowest BCUT2D eigenvalue weighted by atomic mass is 10.0. The number of sulfonamides is 1. The fourth-order valence-electron chi connectivity index (χ4n) is 4.59. The first-order valence-electron chi connectivity index (χ1n) is 13.9. The minimum Gasteiger partial charge on any atom is -0.354 e. The van der Waals surface area contributed by atoms with Gasteiger partial charge < -0.3 is 10.2 Å². The minimum atomic E-state index is -4.66. The van der Waals surface area contributed by atoms with Crippen LogP contribution >= 0.6 is 23.2 Å². The SMILES string of the molecule is CCCNC(=O)[C@H](Cc1ccccc1)N(Cc1ccc(Cl)cc1Cl)C(=O)CCCN(c1cccc(C(F)(F)F)c1)S(C)(=O)=O. The molecule has 0 heterocycles. The Bertz CT molecular complexity index is 1540. The molecule has 3 aromatic rings. The van der Waals surface area contributed by atoms with Gasteiger partial charge in [-0.3, -0.25) is 13.9 Å². The van der Waals surface area contributed by atoms with Crippen molar-refractivity contribution in [1.82, 2.24) is 10.2 Å². The Hall–Kier alpha value is -3.28. The van der Waals surface area contributed by atoms with Crippen LogP contribution in [0, 0.1) is 0 Å². The fraction of sp³-hybridized carbons (Fsp3) is 0.355. The molecule has 7 nitrogen and oxygen atoms in total. The molecule has 0 fully saturated rings. The number of alkyl halides is 3. The van der Waals surface area contributed by atoms with Crippen molar-refractivity contribution in [1.29, 1.82) is 0 Å². The highest BCUT2D eigenvalue weighted by Gasteiger charge is 2.33. The Morgan fingerprint density at radius 2 is 1.68 bits per heavy atom. The van der Waals surface area contributed by atoms with E-state index in [2.05, 4.69) is 5.32 Å². The van der Waals surface area contributed by atoms with Crippen LogP contribution in [-0.2, 0) is 38.8 Å². The van der Waals surface area contributed by atoms with E-state index in [1.54, 1.807) is 12.1 Å². The van der Waals surface area contributed by atoms with Crippen LogP contribution in [0.2, 0.25) is 10.0 Å². The van der Waals surface area contributed by atoms with Crippen molar-refractivity contribution in [2.45, 2.75) is 51.4 Å². The minimum absolute atomic E-state index is 0.0262. The summed E-state index contributed by atoms with van der Waals surface area (Å²) < 4.78 is 65.9. The highest BCUT2D eigenvalue weighted by Crippen LogP contribution is 2.32. The van der Waals surface area contributed by atoms with Gasteiger partial charge in [-0.25, -0.2) is 8.42 Å². The monoisotopic (exact) mass is 671 g/mol. The molecule has 0 saturated heterocycles. The van der Waals surface area contributed by atoms with Gasteiger partial charge in [-0.1, -0.05) is 72.6 Å². The van der Waals surface area contributed by atoms with Gasteiger partial charge >= 0.3 is 6.18 Å². The predicted molar refractivity (Wildman–Crippen MR) is 167 cm³/mol. The van der Waals surface area contributed by atoms with Crippen molar-refractivity contribution < 1.29 is 31.2 Å². The van der Waals surface area contributed by atoms with Gasteiger partial charge in [0.05, 0.1) is 17.5 Å². The second-order valence-electron chi connectivity index (χ2n) is 10.2. The van der Waals surface area contributed by atoms with Crippen molar-refractivity contribution in [3.63, 3.8) is 0 Å². The molecule has 0 aromatic heterocycles. The second kappa shape index (κ2) is 15.6. The van der Waals surface area contributed by atoms with Crippen molar-refractivity contribution in [3.8, 4) is 0 Å². The molecular weight excluding hydrogens is 638 g/mol. The zero-order chi connectivity index (χ0) is 32.5. The third-order valence-electron chi connectivity index (χ3n) is 6.79. The molecule has 3 rings (SSSR count). The van der Waals surface area contributed by atoms with Crippen molar-refractivity contribution >= 4 is 50.7 Å². The number of halogens is 5. The van der Waals surface area contributed by atoms with Crippen molar-refractivity contribution in [2.24, 2.45) is 0 Å². The molecule has 2 amide bonds. The number of carbonyl (C=O) groups is 2. The molecule has 0 spiro atoms. The summed E-state index contributed by atoms with van der Waals surface area (Å²) in [6.45, 7) is 2.01. The average Bonchev–Trinajstić information content (AvgIpc) is 2.96. The lowest BCUT2D eigenvalue weighted by Crippen LogP contribution is -2.50. The van der Waals surface area contributed by atoms with Crippen LogP contribution in [-0.4, -0.2) is 50.5 Å². The normalized spacial score (nSPS) is 12.4. The maximum absolute atomic E-state index is 13.8. The summed E-state index contributed by atoms with van der Waals surface area (Å²) in [6.07, 6.45) is -3.11. The molecule has 13 heteroatoms. The van der Waals surface area contributed by atoms with Gasteiger partial charge in [0.15, 0.2) is 0 Å². The van der Waals surface area contributed by atoms with E-state index in [1.165, 1.54) is 17.0 Å². The quantitative estimate of drug-likeness (QED) is 0.206. The Kier molecular flexibility index (Phi) is 12.5. The third-order valence-corrected chi connectivity index (χ3v) is 8.57. The van der Waals surface area contributed by atoms with E-state index in [-0.39, 0.29) is 43.9 Å². The molecule has 3 aromatic carbocycles. The molecule has 0 saturated carbocycles. The molecule has 0 unspecified atom stereocenters. The van der Waals surface area contributed by atoms with E-state index in [9.17, 15) is 31.2 Å². The topological polar surface area (TPSA) is 86.8 Å². The van der Waals surface area contributed by atoms with E-state index in [0.29, 0.717) is 28.6 Å². The van der Waals surface area contributed by atoms with Crippen LogP contribution < -0.4 is 9.62 Å². The van der Waals surface area contributed by atoms with Gasteiger partial charge in [0.2, 0.25) is 21.8 Å². The molecule has 1 atom stereocenters. The number of nitrogens with one attached hydrogen (secondary N) is 1. The number of hydrogen-bond donors (Lipinski definition) is 1. The molecule has 0 aliphatic heterocycles. The van der Waals surface area contributed by atoms with E-state index in [0.717, 1.165) is 34.3 Å². The first-order chi connectivity index (χ1) is 20.7. The predicted octanol–water partition coefficient (Wildman–Crippen LogP) is 6.72. The summed E-state index contributed by atoms with van der Waals surface area (Å²) in [5, 5.41) is 3.56. The van der Waals surface area contributed by atoms with Crippen LogP contribution in [0.1, 0.15) is 42.9 Å². The maximum Gasteiger partial charge on any atom is 0.416 e. The van der Waals surface area contributed by atoms with Gasteiger partial charge in [0, 0.05) is 42.5 Å². The molecule has 0 aliphatic carbocycles. The Balaban J connectivity index is 1.91. The first-order valence-corrected chi connectivity index (χ1v) is 16.5. The lowest BCUT2D eigenvalue weighted by molar-refractivity contribution is -0.141. The van der Waals surface area contributed by atoms with Gasteiger partial charge in [-0.05, 0) is 54.3 Å². The van der Waals surface area contributed by atoms with Crippen LogP contribution in [0.4, 0.5) is 18.9 Å². The highest BCUT2D eigenvalue weighted by molar-refractivity contribution is 7.92. The van der Waals surface area contributed by atoms with Crippen LogP contribution in [0.5, 0.6) is 0 Å². The summed E-state index contributed by atoms with van der Waals surface area (Å²) in [4.78, 5) is 28.7. The maximum atomic E-state index is 13.8. The van der Waals surface area contributed by atoms with Gasteiger partial charge in [-0.2, -0.15) is 13.2 Å². The standard InChI is InChI=1S/C31H34Cl2F3N3O4S/c1-3-16-37-30(41)28(18-22-9-5-4-6-10-22)38(21-23-14-15-25(32)20-27(23)33)29(40)13-8-17-39(44(2,42)43)26-12-7-11-24(19-26)31(34,35)36/h4-7,9-12,14-15,19-20,28H,3,8,13,16-18,21H2,1-2H3,(H,37,41)/t28-/m0/s1. The average molecular weight is 673 g/mol. The largest absolute Gasteiger partial charge is 0.416 e. The van der Waals surface area contributed by atoms with E-state index >= 15 is 0 Å². The number of anilines is 1.